The van der Waals surface area contributed by atoms with Crippen LogP contribution < -0.4 is 4.72 Å². The minimum Gasteiger partial charge on any atom is -0.392 e. The minimum atomic E-state index is -3.68. The second-order valence-corrected chi connectivity index (χ2v) is 7.04. The Kier molecular flexibility index (Phi) is 5.04. The first-order valence-electron chi connectivity index (χ1n) is 6.44. The maximum atomic E-state index is 12.3. The Hall–Kier alpha value is -0.660. The van der Waals surface area contributed by atoms with Crippen molar-refractivity contribution >= 4 is 21.6 Å². The van der Waals surface area contributed by atoms with Crippen molar-refractivity contribution < 1.29 is 18.3 Å². The molecule has 2 unspecified atom stereocenters. The fourth-order valence-electron chi connectivity index (χ4n) is 2.19. The van der Waals surface area contributed by atoms with Crippen molar-refractivity contribution in [2.75, 3.05) is 13.2 Å². The highest BCUT2D eigenvalue weighted by Crippen LogP contribution is 2.24. The minimum absolute atomic E-state index is 0.00251. The Morgan fingerprint density at radius 3 is 2.85 bits per heavy atom. The van der Waals surface area contributed by atoms with Crippen LogP contribution in [0, 0.1) is 5.92 Å². The third-order valence-corrected chi connectivity index (χ3v) is 5.44. The lowest BCUT2D eigenvalue weighted by Crippen LogP contribution is -2.32. The molecule has 0 aliphatic carbocycles. The zero-order valence-electron chi connectivity index (χ0n) is 11.2. The SMILES string of the molecule is CC1OCCC1CNS(=O)(=O)c1cc(CO)ccc1Cl. The summed E-state index contributed by atoms with van der Waals surface area (Å²) in [5.74, 6) is 0.171. The summed E-state index contributed by atoms with van der Waals surface area (Å²) in [6, 6.07) is 4.45. The molecule has 1 heterocycles. The molecule has 1 fully saturated rings. The van der Waals surface area contributed by atoms with Gasteiger partial charge in [0, 0.05) is 19.1 Å². The van der Waals surface area contributed by atoms with Gasteiger partial charge in [-0.2, -0.15) is 0 Å². The molecule has 112 valence electrons. The maximum Gasteiger partial charge on any atom is 0.242 e. The molecule has 0 aromatic heterocycles. The first kappa shape index (κ1) is 15.7. The number of halogens is 1. The van der Waals surface area contributed by atoms with Crippen LogP contribution in [0.2, 0.25) is 5.02 Å². The predicted molar refractivity (Wildman–Crippen MR) is 76.1 cm³/mol. The molecule has 0 bridgehead atoms. The molecule has 2 atom stereocenters. The van der Waals surface area contributed by atoms with E-state index in [0.29, 0.717) is 18.7 Å². The molecule has 0 saturated carbocycles. The highest BCUT2D eigenvalue weighted by Gasteiger charge is 2.27. The maximum absolute atomic E-state index is 12.3. The van der Waals surface area contributed by atoms with Gasteiger partial charge < -0.3 is 9.84 Å². The number of aliphatic hydroxyl groups is 1. The number of aliphatic hydroxyl groups excluding tert-OH is 1. The molecule has 7 heteroatoms. The van der Waals surface area contributed by atoms with Crippen LogP contribution in [-0.4, -0.2) is 32.8 Å². The molecule has 1 saturated heterocycles. The van der Waals surface area contributed by atoms with Crippen molar-refractivity contribution in [2.45, 2.75) is 31.0 Å². The van der Waals surface area contributed by atoms with Gasteiger partial charge in [-0.05, 0) is 31.0 Å². The number of hydrogen-bond donors (Lipinski definition) is 2. The van der Waals surface area contributed by atoms with Crippen LogP contribution in [0.4, 0.5) is 0 Å². The van der Waals surface area contributed by atoms with Gasteiger partial charge in [-0.1, -0.05) is 17.7 Å². The summed E-state index contributed by atoms with van der Waals surface area (Å²) in [7, 11) is -3.68. The van der Waals surface area contributed by atoms with E-state index in [1.807, 2.05) is 6.92 Å². The normalized spacial score (nSPS) is 23.1. The van der Waals surface area contributed by atoms with Crippen LogP contribution >= 0.6 is 11.6 Å². The number of rotatable bonds is 5. The van der Waals surface area contributed by atoms with Gasteiger partial charge in [-0.25, -0.2) is 13.1 Å². The standard InChI is InChI=1S/C13H18ClNO4S/c1-9-11(4-5-19-9)7-15-20(17,18)13-6-10(8-16)2-3-12(13)14/h2-3,6,9,11,15-16H,4-5,7-8H2,1H3. The average Bonchev–Trinajstić information content (AvgIpc) is 2.82. The van der Waals surface area contributed by atoms with E-state index in [-0.39, 0.29) is 28.5 Å². The van der Waals surface area contributed by atoms with E-state index in [0.717, 1.165) is 6.42 Å². The van der Waals surface area contributed by atoms with Gasteiger partial charge in [0.15, 0.2) is 0 Å². The van der Waals surface area contributed by atoms with Gasteiger partial charge in [-0.3, -0.25) is 0 Å². The molecule has 2 rings (SSSR count). The molecule has 5 nitrogen and oxygen atoms in total. The van der Waals surface area contributed by atoms with Crippen LogP contribution in [0.1, 0.15) is 18.9 Å². The van der Waals surface area contributed by atoms with Gasteiger partial charge in [-0.15, -0.1) is 0 Å². The van der Waals surface area contributed by atoms with Gasteiger partial charge in [0.05, 0.1) is 17.7 Å². The molecule has 20 heavy (non-hydrogen) atoms. The lowest BCUT2D eigenvalue weighted by Gasteiger charge is -2.15. The van der Waals surface area contributed by atoms with E-state index in [4.69, 9.17) is 21.4 Å². The van der Waals surface area contributed by atoms with Crippen molar-refractivity contribution in [3.05, 3.63) is 28.8 Å². The molecular weight excluding hydrogens is 302 g/mol. The Morgan fingerprint density at radius 2 is 2.25 bits per heavy atom. The summed E-state index contributed by atoms with van der Waals surface area (Å²) < 4.78 is 32.5. The summed E-state index contributed by atoms with van der Waals surface area (Å²) in [4.78, 5) is -0.00251. The molecule has 0 radical (unpaired) electrons. The van der Waals surface area contributed by atoms with Gasteiger partial charge in [0.2, 0.25) is 10.0 Å². The molecule has 0 spiro atoms. The average molecular weight is 320 g/mol. The van der Waals surface area contributed by atoms with Gasteiger partial charge in [0.25, 0.3) is 0 Å². The molecule has 1 aliphatic heterocycles. The van der Waals surface area contributed by atoms with Crippen LogP contribution in [-0.2, 0) is 21.4 Å². The first-order chi connectivity index (χ1) is 9.44. The number of hydrogen-bond acceptors (Lipinski definition) is 4. The summed E-state index contributed by atoms with van der Waals surface area (Å²) in [5, 5.41) is 9.22. The van der Waals surface area contributed by atoms with E-state index < -0.39 is 10.0 Å². The Balaban J connectivity index is 2.13. The zero-order valence-corrected chi connectivity index (χ0v) is 12.7. The lowest BCUT2D eigenvalue weighted by atomic mass is 10.0. The lowest BCUT2D eigenvalue weighted by molar-refractivity contribution is 0.107. The Labute approximate surface area is 124 Å². The Bertz CT molecular complexity index is 576. The number of ether oxygens (including phenoxy) is 1. The van der Waals surface area contributed by atoms with Crippen molar-refractivity contribution in [3.8, 4) is 0 Å². The molecular formula is C13H18ClNO4S. The van der Waals surface area contributed by atoms with Crippen LogP contribution in [0.5, 0.6) is 0 Å². The smallest absolute Gasteiger partial charge is 0.242 e. The fraction of sp³-hybridized carbons (Fsp3) is 0.538. The third-order valence-electron chi connectivity index (χ3n) is 3.54. The van der Waals surface area contributed by atoms with E-state index >= 15 is 0 Å². The highest BCUT2D eigenvalue weighted by molar-refractivity contribution is 7.89. The largest absolute Gasteiger partial charge is 0.392 e. The molecule has 0 amide bonds. The van der Waals surface area contributed by atoms with E-state index in [9.17, 15) is 8.42 Å². The fourth-order valence-corrected chi connectivity index (χ4v) is 3.83. The monoisotopic (exact) mass is 319 g/mol. The van der Waals surface area contributed by atoms with Crippen molar-refractivity contribution in [3.63, 3.8) is 0 Å². The van der Waals surface area contributed by atoms with E-state index in [1.165, 1.54) is 12.1 Å². The van der Waals surface area contributed by atoms with Gasteiger partial charge >= 0.3 is 0 Å². The number of sulfonamides is 1. The van der Waals surface area contributed by atoms with E-state index in [2.05, 4.69) is 4.72 Å². The zero-order chi connectivity index (χ0) is 14.8. The van der Waals surface area contributed by atoms with E-state index in [1.54, 1.807) is 6.07 Å². The number of nitrogens with one attached hydrogen (secondary N) is 1. The molecule has 1 aromatic rings. The predicted octanol–water partition coefficient (Wildman–Crippen LogP) is 1.54. The third kappa shape index (κ3) is 3.51. The van der Waals surface area contributed by atoms with Crippen molar-refractivity contribution in [1.82, 2.24) is 4.72 Å². The summed E-state index contributed by atoms with van der Waals surface area (Å²) in [6.07, 6.45) is 0.894. The first-order valence-corrected chi connectivity index (χ1v) is 8.30. The van der Waals surface area contributed by atoms with Crippen LogP contribution in [0.25, 0.3) is 0 Å². The second-order valence-electron chi connectivity index (χ2n) is 4.90. The quantitative estimate of drug-likeness (QED) is 0.863. The van der Waals surface area contributed by atoms with Crippen LogP contribution in [0.15, 0.2) is 23.1 Å². The van der Waals surface area contributed by atoms with Crippen LogP contribution in [0.3, 0.4) is 0 Å². The summed E-state index contributed by atoms with van der Waals surface area (Å²) >= 11 is 5.94. The van der Waals surface area contributed by atoms with Crippen molar-refractivity contribution in [1.29, 1.82) is 0 Å². The summed E-state index contributed by atoms with van der Waals surface area (Å²) in [6.45, 7) is 2.69. The summed E-state index contributed by atoms with van der Waals surface area (Å²) in [5.41, 5.74) is 0.507. The Morgan fingerprint density at radius 1 is 1.50 bits per heavy atom. The topological polar surface area (TPSA) is 75.6 Å². The van der Waals surface area contributed by atoms with Crippen molar-refractivity contribution in [2.24, 2.45) is 5.92 Å². The molecule has 1 aliphatic rings. The highest BCUT2D eigenvalue weighted by atomic mass is 35.5. The molecule has 1 aromatic carbocycles. The molecule has 2 N–H and O–H groups in total. The van der Waals surface area contributed by atoms with Gasteiger partial charge in [0.1, 0.15) is 4.90 Å². The second kappa shape index (κ2) is 6.41. The number of benzene rings is 1.